The number of carbonyl (C=O) groups is 2. The molecule has 140 valence electrons. The number of nitrogens with zero attached hydrogens (tertiary/aromatic N) is 1. The average Bonchev–Trinajstić information content (AvgIpc) is 2.58. The molecule has 0 atom stereocenters. The molecule has 0 radical (unpaired) electrons. The fourth-order valence-corrected chi connectivity index (χ4v) is 3.72. The first-order valence-electron chi connectivity index (χ1n) is 7.80. The van der Waals surface area contributed by atoms with Crippen LogP contribution in [0.4, 0.5) is 0 Å². The van der Waals surface area contributed by atoms with Gasteiger partial charge in [-0.2, -0.15) is 4.31 Å². The molecular formula is C15H23ClN4O4S. The smallest absolute Gasteiger partial charge is 0.251 e. The Labute approximate surface area is 153 Å². The molecule has 1 aliphatic rings. The predicted octanol–water partition coefficient (Wildman–Crippen LogP) is -0.302. The second kappa shape index (κ2) is 9.71. The van der Waals surface area contributed by atoms with E-state index in [1.807, 2.05) is 0 Å². The van der Waals surface area contributed by atoms with Crippen LogP contribution in [0.2, 0.25) is 0 Å². The second-order valence-corrected chi connectivity index (χ2v) is 7.40. The third kappa shape index (κ3) is 5.67. The highest BCUT2D eigenvalue weighted by Crippen LogP contribution is 2.17. The standard InChI is InChI=1S/C15H22N4O4S.ClH/c16-7-1-2-8-18-15(21)12-3-5-13(6-4-12)24(22,23)19-10-9-17-14(20)11-19;/h3-6H,1-2,7-11,16H2,(H,17,20)(H,18,21);1H. The molecule has 1 fully saturated rings. The number of benzene rings is 1. The molecule has 0 aromatic heterocycles. The number of nitrogens with two attached hydrogens (primary N) is 1. The minimum absolute atomic E-state index is 0. The number of piperazine rings is 1. The molecule has 1 heterocycles. The van der Waals surface area contributed by atoms with Gasteiger partial charge in [-0.1, -0.05) is 0 Å². The summed E-state index contributed by atoms with van der Waals surface area (Å²) in [5, 5.41) is 5.34. The predicted molar refractivity (Wildman–Crippen MR) is 96.1 cm³/mol. The molecule has 0 saturated carbocycles. The van der Waals surface area contributed by atoms with E-state index in [1.54, 1.807) is 0 Å². The van der Waals surface area contributed by atoms with E-state index in [-0.39, 0.29) is 42.2 Å². The normalized spacial score (nSPS) is 15.2. The molecule has 1 aliphatic heterocycles. The van der Waals surface area contributed by atoms with Gasteiger partial charge >= 0.3 is 0 Å². The van der Waals surface area contributed by atoms with Gasteiger partial charge in [-0.3, -0.25) is 9.59 Å². The molecule has 4 N–H and O–H groups in total. The SMILES string of the molecule is Cl.NCCCCNC(=O)c1ccc(S(=O)(=O)N2CCNC(=O)C2)cc1. The van der Waals surface area contributed by atoms with Gasteiger partial charge in [-0.05, 0) is 43.7 Å². The first-order chi connectivity index (χ1) is 11.4. The van der Waals surface area contributed by atoms with Crippen LogP contribution in [-0.2, 0) is 14.8 Å². The minimum atomic E-state index is -3.73. The summed E-state index contributed by atoms with van der Waals surface area (Å²) < 4.78 is 26.1. The van der Waals surface area contributed by atoms with Crippen LogP contribution >= 0.6 is 12.4 Å². The molecular weight excluding hydrogens is 368 g/mol. The Morgan fingerprint density at radius 1 is 1.24 bits per heavy atom. The number of rotatable bonds is 7. The molecule has 0 spiro atoms. The summed E-state index contributed by atoms with van der Waals surface area (Å²) in [5.74, 6) is -0.577. The van der Waals surface area contributed by atoms with E-state index in [0.29, 0.717) is 25.2 Å². The third-order valence-corrected chi connectivity index (χ3v) is 5.53. The van der Waals surface area contributed by atoms with Gasteiger partial charge in [0.15, 0.2) is 0 Å². The maximum Gasteiger partial charge on any atom is 0.251 e. The van der Waals surface area contributed by atoms with Crippen LogP contribution in [0.15, 0.2) is 29.2 Å². The minimum Gasteiger partial charge on any atom is -0.354 e. The lowest BCUT2D eigenvalue weighted by Crippen LogP contribution is -2.49. The van der Waals surface area contributed by atoms with Gasteiger partial charge in [0.25, 0.3) is 5.91 Å². The largest absolute Gasteiger partial charge is 0.354 e. The molecule has 1 aromatic rings. The number of amides is 2. The summed E-state index contributed by atoms with van der Waals surface area (Å²) in [7, 11) is -3.73. The Bertz CT molecular complexity index is 694. The van der Waals surface area contributed by atoms with Gasteiger partial charge in [0.1, 0.15) is 0 Å². The van der Waals surface area contributed by atoms with Crippen molar-refractivity contribution in [3.05, 3.63) is 29.8 Å². The summed E-state index contributed by atoms with van der Waals surface area (Å²) >= 11 is 0. The topological polar surface area (TPSA) is 122 Å². The first kappa shape index (κ1) is 21.4. The quantitative estimate of drug-likeness (QED) is 0.552. The van der Waals surface area contributed by atoms with Gasteiger partial charge in [-0.15, -0.1) is 12.4 Å². The zero-order chi connectivity index (χ0) is 17.6. The zero-order valence-electron chi connectivity index (χ0n) is 13.7. The lowest BCUT2D eigenvalue weighted by Gasteiger charge is -2.25. The molecule has 0 bridgehead atoms. The summed E-state index contributed by atoms with van der Waals surface area (Å²) in [6, 6.07) is 5.71. The molecule has 1 saturated heterocycles. The van der Waals surface area contributed by atoms with E-state index in [1.165, 1.54) is 24.3 Å². The van der Waals surface area contributed by atoms with Crippen molar-refractivity contribution in [2.45, 2.75) is 17.7 Å². The van der Waals surface area contributed by atoms with Gasteiger partial charge < -0.3 is 16.4 Å². The molecule has 2 rings (SSSR count). The molecule has 8 nitrogen and oxygen atoms in total. The summed E-state index contributed by atoms with van der Waals surface area (Å²) in [5.41, 5.74) is 5.77. The number of hydrogen-bond donors (Lipinski definition) is 3. The van der Waals surface area contributed by atoms with Crippen LogP contribution in [0.25, 0.3) is 0 Å². The van der Waals surface area contributed by atoms with Crippen molar-refractivity contribution in [1.29, 1.82) is 0 Å². The van der Waals surface area contributed by atoms with Gasteiger partial charge in [0.05, 0.1) is 11.4 Å². The van der Waals surface area contributed by atoms with E-state index >= 15 is 0 Å². The number of halogens is 1. The Kier molecular flexibility index (Phi) is 8.30. The Morgan fingerprint density at radius 3 is 2.52 bits per heavy atom. The molecule has 10 heteroatoms. The Balaban J connectivity index is 0.00000312. The van der Waals surface area contributed by atoms with Gasteiger partial charge in [-0.25, -0.2) is 8.42 Å². The van der Waals surface area contributed by atoms with E-state index in [2.05, 4.69) is 10.6 Å². The highest BCUT2D eigenvalue weighted by atomic mass is 35.5. The van der Waals surface area contributed by atoms with Crippen molar-refractivity contribution in [2.75, 3.05) is 32.7 Å². The van der Waals surface area contributed by atoms with Crippen molar-refractivity contribution in [3.8, 4) is 0 Å². The molecule has 0 aliphatic carbocycles. The number of hydrogen-bond acceptors (Lipinski definition) is 5. The van der Waals surface area contributed by atoms with Crippen LogP contribution in [0.3, 0.4) is 0 Å². The first-order valence-corrected chi connectivity index (χ1v) is 9.24. The summed E-state index contributed by atoms with van der Waals surface area (Å²) in [6.07, 6.45) is 1.63. The Hall–Kier alpha value is -1.68. The molecule has 2 amide bonds. The highest BCUT2D eigenvalue weighted by Gasteiger charge is 2.29. The second-order valence-electron chi connectivity index (χ2n) is 5.46. The van der Waals surface area contributed by atoms with E-state index < -0.39 is 10.0 Å². The lowest BCUT2D eigenvalue weighted by atomic mass is 10.2. The lowest BCUT2D eigenvalue weighted by molar-refractivity contribution is -0.122. The van der Waals surface area contributed by atoms with Crippen molar-refractivity contribution >= 4 is 34.2 Å². The fourth-order valence-electron chi connectivity index (χ4n) is 2.32. The van der Waals surface area contributed by atoms with Crippen LogP contribution in [0, 0.1) is 0 Å². The monoisotopic (exact) mass is 390 g/mol. The molecule has 0 unspecified atom stereocenters. The Morgan fingerprint density at radius 2 is 1.92 bits per heavy atom. The zero-order valence-corrected chi connectivity index (χ0v) is 15.4. The third-order valence-electron chi connectivity index (χ3n) is 3.67. The van der Waals surface area contributed by atoms with Crippen molar-refractivity contribution in [1.82, 2.24) is 14.9 Å². The number of carbonyl (C=O) groups excluding carboxylic acids is 2. The fraction of sp³-hybridized carbons (Fsp3) is 0.467. The van der Waals surface area contributed by atoms with Crippen molar-refractivity contribution in [2.24, 2.45) is 5.73 Å². The van der Waals surface area contributed by atoms with Crippen LogP contribution < -0.4 is 16.4 Å². The van der Waals surface area contributed by atoms with E-state index in [4.69, 9.17) is 5.73 Å². The van der Waals surface area contributed by atoms with Crippen molar-refractivity contribution in [3.63, 3.8) is 0 Å². The summed E-state index contributed by atoms with van der Waals surface area (Å²) in [6.45, 7) is 1.44. The molecule has 1 aromatic carbocycles. The maximum absolute atomic E-state index is 12.5. The maximum atomic E-state index is 12.5. The summed E-state index contributed by atoms with van der Waals surface area (Å²) in [4.78, 5) is 23.4. The molecule has 25 heavy (non-hydrogen) atoms. The van der Waals surface area contributed by atoms with Crippen LogP contribution in [-0.4, -0.2) is 57.3 Å². The number of sulfonamides is 1. The highest BCUT2D eigenvalue weighted by molar-refractivity contribution is 7.89. The van der Waals surface area contributed by atoms with Gasteiger partial charge in [0.2, 0.25) is 15.9 Å². The van der Waals surface area contributed by atoms with Crippen LogP contribution in [0.5, 0.6) is 0 Å². The number of unbranched alkanes of at least 4 members (excludes halogenated alkanes) is 1. The van der Waals surface area contributed by atoms with E-state index in [9.17, 15) is 18.0 Å². The van der Waals surface area contributed by atoms with Crippen molar-refractivity contribution < 1.29 is 18.0 Å². The van der Waals surface area contributed by atoms with Crippen LogP contribution in [0.1, 0.15) is 23.2 Å². The average molecular weight is 391 g/mol. The van der Waals surface area contributed by atoms with Gasteiger partial charge in [0, 0.05) is 25.2 Å². The van der Waals surface area contributed by atoms with E-state index in [0.717, 1.165) is 17.1 Å². The number of nitrogens with one attached hydrogen (secondary N) is 2.